The number of hydrogen-bond donors (Lipinski definition) is 1. The van der Waals surface area contributed by atoms with Crippen molar-refractivity contribution in [2.24, 2.45) is 0 Å². The molecular formula is C15H18N2O2S. The zero-order valence-electron chi connectivity index (χ0n) is 11.7. The van der Waals surface area contributed by atoms with E-state index in [0.717, 1.165) is 36.5 Å². The lowest BCUT2D eigenvalue weighted by Crippen LogP contribution is -2.04. The van der Waals surface area contributed by atoms with Crippen molar-refractivity contribution >= 4 is 22.4 Å². The molecular weight excluding hydrogens is 272 g/mol. The maximum Gasteiger partial charge on any atom is 0.223 e. The van der Waals surface area contributed by atoms with E-state index in [1.54, 1.807) is 0 Å². The van der Waals surface area contributed by atoms with Crippen molar-refractivity contribution in [3.63, 3.8) is 0 Å². The molecule has 4 nitrogen and oxygen atoms in total. The standard InChI is InChI=1S/C15H18N2O2S/c1-3-4-9-19-13-7-5-12(6-8-13)14-10-20-15(17-14)16-11(2)18/h5-8,10H,3-4,9H2,1-2H3,(H,16,17,18). The lowest BCUT2D eigenvalue weighted by molar-refractivity contribution is -0.114. The number of amides is 1. The van der Waals surface area contributed by atoms with Crippen molar-refractivity contribution in [2.45, 2.75) is 26.7 Å². The first-order chi connectivity index (χ1) is 9.69. The van der Waals surface area contributed by atoms with E-state index in [0.29, 0.717) is 5.13 Å². The molecule has 106 valence electrons. The summed E-state index contributed by atoms with van der Waals surface area (Å²) in [5.74, 6) is 0.769. The molecule has 0 fully saturated rings. The third-order valence-electron chi connectivity index (χ3n) is 2.70. The molecule has 0 atom stereocenters. The van der Waals surface area contributed by atoms with Gasteiger partial charge < -0.3 is 10.1 Å². The first-order valence-electron chi connectivity index (χ1n) is 6.65. The van der Waals surface area contributed by atoms with E-state index in [1.165, 1.54) is 18.3 Å². The summed E-state index contributed by atoms with van der Waals surface area (Å²) in [4.78, 5) is 15.3. The monoisotopic (exact) mass is 290 g/mol. The number of anilines is 1. The number of hydrogen-bond acceptors (Lipinski definition) is 4. The third kappa shape index (κ3) is 4.06. The second kappa shape index (κ2) is 7.05. The highest BCUT2D eigenvalue weighted by Gasteiger charge is 2.05. The number of benzene rings is 1. The number of carbonyl (C=O) groups excluding carboxylic acids is 1. The van der Waals surface area contributed by atoms with E-state index in [-0.39, 0.29) is 5.91 Å². The topological polar surface area (TPSA) is 51.2 Å². The molecule has 1 aromatic heterocycles. The van der Waals surface area contributed by atoms with Gasteiger partial charge in [0.15, 0.2) is 5.13 Å². The first kappa shape index (κ1) is 14.5. The first-order valence-corrected chi connectivity index (χ1v) is 7.53. The Balaban J connectivity index is 2.02. The maximum atomic E-state index is 11.0. The van der Waals surface area contributed by atoms with Crippen LogP contribution in [-0.4, -0.2) is 17.5 Å². The van der Waals surface area contributed by atoms with Crippen LogP contribution in [0.3, 0.4) is 0 Å². The Morgan fingerprint density at radius 1 is 1.35 bits per heavy atom. The van der Waals surface area contributed by atoms with E-state index in [4.69, 9.17) is 4.74 Å². The highest BCUT2D eigenvalue weighted by atomic mass is 32.1. The van der Waals surface area contributed by atoms with Crippen LogP contribution in [0.2, 0.25) is 0 Å². The van der Waals surface area contributed by atoms with Gasteiger partial charge in [-0.1, -0.05) is 13.3 Å². The van der Waals surface area contributed by atoms with Crippen LogP contribution in [0.25, 0.3) is 11.3 Å². The van der Waals surface area contributed by atoms with Gasteiger partial charge in [0.05, 0.1) is 12.3 Å². The molecule has 2 rings (SSSR count). The predicted octanol–water partition coefficient (Wildman–Crippen LogP) is 3.95. The fraction of sp³-hybridized carbons (Fsp3) is 0.333. The minimum Gasteiger partial charge on any atom is -0.494 e. The zero-order valence-corrected chi connectivity index (χ0v) is 12.5. The van der Waals surface area contributed by atoms with Crippen LogP contribution in [-0.2, 0) is 4.79 Å². The number of nitrogens with zero attached hydrogens (tertiary/aromatic N) is 1. The normalized spacial score (nSPS) is 10.3. The van der Waals surface area contributed by atoms with Gasteiger partial charge in [0, 0.05) is 17.9 Å². The number of thiazole rings is 1. The number of nitrogens with one attached hydrogen (secondary N) is 1. The van der Waals surface area contributed by atoms with Crippen LogP contribution in [0, 0.1) is 0 Å². The Bertz CT molecular complexity index is 564. The molecule has 0 saturated heterocycles. The zero-order chi connectivity index (χ0) is 14.4. The van der Waals surface area contributed by atoms with Gasteiger partial charge in [0.25, 0.3) is 0 Å². The van der Waals surface area contributed by atoms with Crippen LogP contribution in [0.5, 0.6) is 5.75 Å². The summed E-state index contributed by atoms with van der Waals surface area (Å²) < 4.78 is 5.62. The van der Waals surface area contributed by atoms with Gasteiger partial charge in [-0.15, -0.1) is 11.3 Å². The van der Waals surface area contributed by atoms with Crippen LogP contribution < -0.4 is 10.1 Å². The molecule has 1 aromatic carbocycles. The fourth-order valence-corrected chi connectivity index (χ4v) is 2.44. The molecule has 0 aliphatic rings. The summed E-state index contributed by atoms with van der Waals surface area (Å²) in [7, 11) is 0. The average Bonchev–Trinajstić information content (AvgIpc) is 2.87. The second-order valence-electron chi connectivity index (χ2n) is 4.45. The fourth-order valence-electron chi connectivity index (χ4n) is 1.67. The molecule has 0 aliphatic carbocycles. The Morgan fingerprint density at radius 3 is 2.75 bits per heavy atom. The number of aromatic nitrogens is 1. The van der Waals surface area contributed by atoms with Crippen molar-refractivity contribution in [1.29, 1.82) is 0 Å². The van der Waals surface area contributed by atoms with Gasteiger partial charge in [-0.3, -0.25) is 4.79 Å². The van der Waals surface area contributed by atoms with Crippen molar-refractivity contribution in [3.05, 3.63) is 29.6 Å². The highest BCUT2D eigenvalue weighted by molar-refractivity contribution is 7.14. The van der Waals surface area contributed by atoms with E-state index < -0.39 is 0 Å². The Labute approximate surface area is 122 Å². The molecule has 1 amide bonds. The molecule has 0 unspecified atom stereocenters. The number of ether oxygens (including phenoxy) is 1. The minimum atomic E-state index is -0.106. The molecule has 5 heteroatoms. The average molecular weight is 290 g/mol. The van der Waals surface area contributed by atoms with E-state index in [2.05, 4.69) is 17.2 Å². The van der Waals surface area contributed by atoms with Crippen molar-refractivity contribution in [2.75, 3.05) is 11.9 Å². The molecule has 0 bridgehead atoms. The molecule has 0 saturated carbocycles. The van der Waals surface area contributed by atoms with Gasteiger partial charge in [-0.2, -0.15) is 0 Å². The molecule has 0 radical (unpaired) electrons. The summed E-state index contributed by atoms with van der Waals surface area (Å²) in [6, 6.07) is 7.85. The largest absolute Gasteiger partial charge is 0.494 e. The number of rotatable bonds is 6. The van der Waals surface area contributed by atoms with Crippen LogP contribution in [0.1, 0.15) is 26.7 Å². The summed E-state index contributed by atoms with van der Waals surface area (Å²) in [5.41, 5.74) is 1.87. The summed E-state index contributed by atoms with van der Waals surface area (Å²) in [5, 5.41) is 5.23. The van der Waals surface area contributed by atoms with Gasteiger partial charge in [0.2, 0.25) is 5.91 Å². The van der Waals surface area contributed by atoms with Crippen LogP contribution in [0.4, 0.5) is 5.13 Å². The van der Waals surface area contributed by atoms with Crippen LogP contribution in [0.15, 0.2) is 29.6 Å². The third-order valence-corrected chi connectivity index (χ3v) is 3.46. The molecule has 0 aliphatic heterocycles. The quantitative estimate of drug-likeness (QED) is 0.820. The van der Waals surface area contributed by atoms with Crippen molar-refractivity contribution in [3.8, 4) is 17.0 Å². The minimum absolute atomic E-state index is 0.106. The molecule has 2 aromatic rings. The van der Waals surface area contributed by atoms with E-state index in [1.807, 2.05) is 29.6 Å². The smallest absolute Gasteiger partial charge is 0.223 e. The van der Waals surface area contributed by atoms with Gasteiger partial charge in [-0.05, 0) is 30.7 Å². The Kier molecular flexibility index (Phi) is 5.12. The molecule has 20 heavy (non-hydrogen) atoms. The predicted molar refractivity (Wildman–Crippen MR) is 82.3 cm³/mol. The summed E-state index contributed by atoms with van der Waals surface area (Å²) in [6.07, 6.45) is 2.19. The Morgan fingerprint density at radius 2 is 2.10 bits per heavy atom. The van der Waals surface area contributed by atoms with Gasteiger partial charge in [0.1, 0.15) is 5.75 Å². The molecule has 1 N–H and O–H groups in total. The van der Waals surface area contributed by atoms with Crippen molar-refractivity contribution < 1.29 is 9.53 Å². The molecule has 1 heterocycles. The lowest BCUT2D eigenvalue weighted by atomic mass is 10.2. The maximum absolute atomic E-state index is 11.0. The van der Waals surface area contributed by atoms with Crippen LogP contribution >= 0.6 is 11.3 Å². The summed E-state index contributed by atoms with van der Waals surface area (Å²) in [6.45, 7) is 4.37. The highest BCUT2D eigenvalue weighted by Crippen LogP contribution is 2.26. The SMILES string of the molecule is CCCCOc1ccc(-c2csc(NC(C)=O)n2)cc1. The lowest BCUT2D eigenvalue weighted by Gasteiger charge is -2.05. The van der Waals surface area contributed by atoms with E-state index in [9.17, 15) is 4.79 Å². The Hall–Kier alpha value is -1.88. The molecule has 0 spiro atoms. The number of unbranched alkanes of at least 4 members (excludes halogenated alkanes) is 1. The second-order valence-corrected chi connectivity index (χ2v) is 5.30. The van der Waals surface area contributed by atoms with Gasteiger partial charge >= 0.3 is 0 Å². The van der Waals surface area contributed by atoms with Crippen molar-refractivity contribution in [1.82, 2.24) is 4.98 Å². The van der Waals surface area contributed by atoms with E-state index >= 15 is 0 Å². The number of carbonyl (C=O) groups is 1. The summed E-state index contributed by atoms with van der Waals surface area (Å²) >= 11 is 1.42. The van der Waals surface area contributed by atoms with Gasteiger partial charge in [-0.25, -0.2) is 4.98 Å².